The van der Waals surface area contributed by atoms with E-state index in [4.69, 9.17) is 0 Å². The van der Waals surface area contributed by atoms with E-state index in [2.05, 4.69) is 10.3 Å². The number of aromatic nitrogens is 2. The van der Waals surface area contributed by atoms with Crippen molar-refractivity contribution in [3.05, 3.63) is 57.9 Å². The Morgan fingerprint density at radius 1 is 1.38 bits per heavy atom. The van der Waals surface area contributed by atoms with Gasteiger partial charge >= 0.3 is 0 Å². The van der Waals surface area contributed by atoms with Crippen LogP contribution in [0.25, 0.3) is 15.3 Å². The van der Waals surface area contributed by atoms with Crippen molar-refractivity contribution in [2.75, 3.05) is 6.54 Å². The average Bonchev–Trinajstić information content (AvgIpc) is 3.24. The molecule has 7 heteroatoms. The highest BCUT2D eigenvalue weighted by Gasteiger charge is 2.16. The zero-order chi connectivity index (χ0) is 16.7. The highest BCUT2D eigenvalue weighted by Crippen LogP contribution is 2.28. The van der Waals surface area contributed by atoms with Gasteiger partial charge in [0.25, 0.3) is 5.91 Å². The number of aryl methyl sites for hydroxylation is 1. The number of nitrogens with zero attached hydrogens (tertiary/aromatic N) is 2. The van der Waals surface area contributed by atoms with Crippen LogP contribution in [-0.2, 0) is 0 Å². The lowest BCUT2D eigenvalue weighted by molar-refractivity contribution is 0.0920. The van der Waals surface area contributed by atoms with E-state index in [1.54, 1.807) is 11.3 Å². The number of aliphatic hydroxyl groups excluding tert-OH is 1. The Labute approximate surface area is 146 Å². The predicted molar refractivity (Wildman–Crippen MR) is 96.9 cm³/mol. The standard InChI is InChI=1S/C17H15N3O2S2/c1-10-2-4-11(5-3-10)13(21)9-18-15(22)14-8-12-16(24-14)19-17-20(12)6-7-23-17/h2-8,13,21H,9H2,1H3,(H,18,22)/t13-/m0/s1. The molecule has 1 aromatic carbocycles. The van der Waals surface area contributed by atoms with Crippen molar-refractivity contribution in [1.29, 1.82) is 0 Å². The maximum absolute atomic E-state index is 12.3. The highest BCUT2D eigenvalue weighted by atomic mass is 32.1. The molecular formula is C17H15N3O2S2. The third-order valence-electron chi connectivity index (χ3n) is 3.88. The molecule has 0 aliphatic heterocycles. The second kappa shape index (κ2) is 6.01. The van der Waals surface area contributed by atoms with Gasteiger partial charge in [0.15, 0.2) is 4.96 Å². The summed E-state index contributed by atoms with van der Waals surface area (Å²) in [6, 6.07) is 9.49. The van der Waals surface area contributed by atoms with Crippen LogP contribution in [0.1, 0.15) is 26.9 Å². The number of carbonyl (C=O) groups excluding carboxylic acids is 1. The van der Waals surface area contributed by atoms with Gasteiger partial charge in [-0.25, -0.2) is 4.98 Å². The fraction of sp³-hybridized carbons (Fsp3) is 0.176. The van der Waals surface area contributed by atoms with E-state index in [9.17, 15) is 9.90 Å². The van der Waals surface area contributed by atoms with Gasteiger partial charge in [-0.3, -0.25) is 9.20 Å². The molecule has 0 spiro atoms. The quantitative estimate of drug-likeness (QED) is 0.588. The van der Waals surface area contributed by atoms with Crippen molar-refractivity contribution < 1.29 is 9.90 Å². The van der Waals surface area contributed by atoms with E-state index in [1.165, 1.54) is 11.3 Å². The van der Waals surface area contributed by atoms with Gasteiger partial charge in [-0.15, -0.1) is 22.7 Å². The summed E-state index contributed by atoms with van der Waals surface area (Å²) in [6.45, 7) is 2.17. The van der Waals surface area contributed by atoms with Crippen LogP contribution in [0.5, 0.6) is 0 Å². The molecule has 24 heavy (non-hydrogen) atoms. The molecule has 3 heterocycles. The molecule has 0 unspecified atom stereocenters. The van der Waals surface area contributed by atoms with Crippen LogP contribution in [0.3, 0.4) is 0 Å². The van der Waals surface area contributed by atoms with Gasteiger partial charge in [0, 0.05) is 18.1 Å². The average molecular weight is 357 g/mol. The number of carbonyl (C=O) groups is 1. The molecule has 3 aromatic heterocycles. The van der Waals surface area contributed by atoms with E-state index in [-0.39, 0.29) is 12.5 Å². The molecular weight excluding hydrogens is 342 g/mol. The molecule has 0 bridgehead atoms. The molecule has 0 saturated heterocycles. The van der Waals surface area contributed by atoms with Crippen molar-refractivity contribution in [3.8, 4) is 0 Å². The van der Waals surface area contributed by atoms with Crippen LogP contribution < -0.4 is 5.32 Å². The van der Waals surface area contributed by atoms with Gasteiger partial charge < -0.3 is 10.4 Å². The van der Waals surface area contributed by atoms with Crippen LogP contribution in [0, 0.1) is 6.92 Å². The molecule has 5 nitrogen and oxygen atoms in total. The smallest absolute Gasteiger partial charge is 0.261 e. The maximum atomic E-state index is 12.3. The van der Waals surface area contributed by atoms with Gasteiger partial charge in [-0.2, -0.15) is 0 Å². The summed E-state index contributed by atoms with van der Waals surface area (Å²) in [5.41, 5.74) is 2.88. The third-order valence-corrected chi connectivity index (χ3v) is 5.66. The maximum Gasteiger partial charge on any atom is 0.261 e. The van der Waals surface area contributed by atoms with Crippen LogP contribution in [0.15, 0.2) is 41.9 Å². The topological polar surface area (TPSA) is 66.6 Å². The van der Waals surface area contributed by atoms with E-state index in [0.717, 1.165) is 26.4 Å². The monoisotopic (exact) mass is 357 g/mol. The fourth-order valence-electron chi connectivity index (χ4n) is 2.54. The summed E-state index contributed by atoms with van der Waals surface area (Å²) in [5.74, 6) is -0.187. The van der Waals surface area contributed by atoms with Crippen molar-refractivity contribution in [2.45, 2.75) is 13.0 Å². The number of thiazole rings is 1. The van der Waals surface area contributed by atoms with E-state index >= 15 is 0 Å². The molecule has 0 fully saturated rings. The normalized spacial score (nSPS) is 12.8. The number of hydrogen-bond donors (Lipinski definition) is 2. The molecule has 4 rings (SSSR count). The van der Waals surface area contributed by atoms with E-state index in [0.29, 0.717) is 4.88 Å². The minimum absolute atomic E-state index is 0.179. The summed E-state index contributed by atoms with van der Waals surface area (Å²) in [7, 11) is 0. The third kappa shape index (κ3) is 2.71. The van der Waals surface area contributed by atoms with Crippen molar-refractivity contribution in [2.24, 2.45) is 0 Å². The number of amides is 1. The number of hydrogen-bond acceptors (Lipinski definition) is 5. The summed E-state index contributed by atoms with van der Waals surface area (Å²) in [5, 5.41) is 15.0. The second-order valence-corrected chi connectivity index (χ2v) is 7.51. The number of nitrogens with one attached hydrogen (secondary N) is 1. The van der Waals surface area contributed by atoms with Crippen LogP contribution >= 0.6 is 22.7 Å². The molecule has 122 valence electrons. The Kier molecular flexibility index (Phi) is 3.84. The van der Waals surface area contributed by atoms with Crippen LogP contribution in [0.4, 0.5) is 0 Å². The van der Waals surface area contributed by atoms with E-state index in [1.807, 2.05) is 53.2 Å². The predicted octanol–water partition coefficient (Wildman–Crippen LogP) is 3.38. The molecule has 2 N–H and O–H groups in total. The second-order valence-electron chi connectivity index (χ2n) is 5.60. The minimum Gasteiger partial charge on any atom is -0.387 e. The lowest BCUT2D eigenvalue weighted by atomic mass is 10.1. The number of benzene rings is 1. The van der Waals surface area contributed by atoms with Gasteiger partial charge in [-0.1, -0.05) is 29.8 Å². The first-order chi connectivity index (χ1) is 11.6. The van der Waals surface area contributed by atoms with Crippen LogP contribution in [0.2, 0.25) is 0 Å². The Morgan fingerprint density at radius 3 is 2.96 bits per heavy atom. The Bertz CT molecular complexity index is 1010. The van der Waals surface area contributed by atoms with Gasteiger partial charge in [0.2, 0.25) is 0 Å². The first-order valence-corrected chi connectivity index (χ1v) is 9.19. The lowest BCUT2D eigenvalue weighted by Gasteiger charge is -2.12. The zero-order valence-electron chi connectivity index (χ0n) is 12.9. The number of rotatable bonds is 4. The molecule has 0 radical (unpaired) electrons. The molecule has 1 amide bonds. The SMILES string of the molecule is Cc1ccc([C@@H](O)CNC(=O)c2cc3c(nc4sccn43)s2)cc1. The molecule has 0 saturated carbocycles. The summed E-state index contributed by atoms with van der Waals surface area (Å²) in [6.07, 6.45) is 1.23. The minimum atomic E-state index is -0.719. The van der Waals surface area contributed by atoms with Crippen molar-refractivity contribution >= 4 is 43.9 Å². The Hall–Kier alpha value is -2.22. The molecule has 4 aromatic rings. The summed E-state index contributed by atoms with van der Waals surface area (Å²) < 4.78 is 1.98. The largest absolute Gasteiger partial charge is 0.387 e. The summed E-state index contributed by atoms with van der Waals surface area (Å²) in [4.78, 5) is 19.2. The summed E-state index contributed by atoms with van der Waals surface area (Å²) >= 11 is 2.94. The number of thiophene rings is 1. The first-order valence-electron chi connectivity index (χ1n) is 7.50. The van der Waals surface area contributed by atoms with Gasteiger partial charge in [0.05, 0.1) is 16.5 Å². The Morgan fingerprint density at radius 2 is 2.17 bits per heavy atom. The van der Waals surface area contributed by atoms with Crippen molar-refractivity contribution in [3.63, 3.8) is 0 Å². The van der Waals surface area contributed by atoms with Gasteiger partial charge in [0.1, 0.15) is 4.83 Å². The lowest BCUT2D eigenvalue weighted by Crippen LogP contribution is -2.27. The molecule has 0 aliphatic carbocycles. The number of fused-ring (bicyclic) bond motifs is 3. The molecule has 1 atom stereocenters. The first kappa shape index (κ1) is 15.3. The van der Waals surface area contributed by atoms with Gasteiger partial charge in [-0.05, 0) is 18.6 Å². The molecule has 0 aliphatic rings. The number of aliphatic hydroxyl groups is 1. The van der Waals surface area contributed by atoms with Crippen molar-refractivity contribution in [1.82, 2.24) is 14.7 Å². The Balaban J connectivity index is 1.47. The highest BCUT2D eigenvalue weighted by molar-refractivity contribution is 7.21. The van der Waals surface area contributed by atoms with Crippen LogP contribution in [-0.4, -0.2) is 26.9 Å². The fourth-order valence-corrected chi connectivity index (χ4v) is 4.26. The zero-order valence-corrected chi connectivity index (χ0v) is 14.5. The number of imidazole rings is 1. The van der Waals surface area contributed by atoms with E-state index < -0.39 is 6.10 Å².